The molecule has 5 fully saturated rings. The van der Waals surface area contributed by atoms with E-state index in [2.05, 4.69) is 6.92 Å². The van der Waals surface area contributed by atoms with E-state index in [9.17, 15) is 24.9 Å². The Morgan fingerprint density at radius 1 is 1.09 bits per heavy atom. The lowest BCUT2D eigenvalue weighted by Crippen LogP contribution is -2.69. The maximum atomic E-state index is 13.3. The summed E-state index contributed by atoms with van der Waals surface area (Å²) in [6, 6.07) is 0. The minimum Gasteiger partial charge on any atom is -0.459 e. The summed E-state index contributed by atoms with van der Waals surface area (Å²) in [5.74, 6) is -0.146. The third kappa shape index (κ3) is 2.56. The maximum Gasteiger partial charge on any atom is 0.309 e. The van der Waals surface area contributed by atoms with Crippen LogP contribution in [0.25, 0.3) is 0 Å². The molecule has 35 heavy (non-hydrogen) atoms. The minimum absolute atomic E-state index is 0.0288. The van der Waals surface area contributed by atoms with E-state index in [4.69, 9.17) is 9.47 Å². The Balaban J connectivity index is 1.34. The van der Waals surface area contributed by atoms with E-state index >= 15 is 0 Å². The molecule has 0 aromatic rings. The van der Waals surface area contributed by atoms with Gasteiger partial charge in [0.1, 0.15) is 29.0 Å². The molecule has 0 radical (unpaired) electrons. The molecule has 6 rings (SSSR count). The number of rotatable bonds is 2. The van der Waals surface area contributed by atoms with Gasteiger partial charge < -0.3 is 24.8 Å². The lowest BCUT2D eigenvalue weighted by Gasteiger charge is -2.61. The molecule has 7 heteroatoms. The van der Waals surface area contributed by atoms with Crippen molar-refractivity contribution in [3.63, 3.8) is 0 Å². The summed E-state index contributed by atoms with van der Waals surface area (Å²) in [4.78, 5) is 25.8. The predicted molar refractivity (Wildman–Crippen MR) is 126 cm³/mol. The Bertz CT molecular complexity index is 1010. The zero-order valence-electron chi connectivity index (χ0n) is 21.5. The minimum atomic E-state index is -1.59. The zero-order chi connectivity index (χ0) is 25.3. The smallest absolute Gasteiger partial charge is 0.309 e. The first-order valence-electron chi connectivity index (χ1n) is 13.5. The van der Waals surface area contributed by atoms with Crippen molar-refractivity contribution in [3.8, 4) is 0 Å². The van der Waals surface area contributed by atoms with Crippen LogP contribution in [0.2, 0.25) is 0 Å². The molecule has 194 valence electrons. The third-order valence-corrected chi connectivity index (χ3v) is 12.3. The maximum absolute atomic E-state index is 13.3. The van der Waals surface area contributed by atoms with Crippen molar-refractivity contribution in [2.24, 2.45) is 40.4 Å². The number of ketones is 1. The highest BCUT2D eigenvalue weighted by Crippen LogP contribution is 2.74. The fraction of sp³-hybridized carbons (Fsp3) is 0.857. The van der Waals surface area contributed by atoms with Gasteiger partial charge in [-0.2, -0.15) is 0 Å². The van der Waals surface area contributed by atoms with E-state index in [1.165, 1.54) is 6.08 Å². The number of fused-ring (bicyclic) bond motifs is 4. The molecule has 2 heterocycles. The summed E-state index contributed by atoms with van der Waals surface area (Å²) in [6.07, 6.45) is 5.20. The van der Waals surface area contributed by atoms with Crippen LogP contribution in [-0.2, 0) is 19.1 Å². The van der Waals surface area contributed by atoms with Crippen LogP contribution in [0.5, 0.6) is 0 Å². The summed E-state index contributed by atoms with van der Waals surface area (Å²) in [7, 11) is 0. The number of hydrogen-bond donors (Lipinski definition) is 3. The Morgan fingerprint density at radius 3 is 2.46 bits per heavy atom. The summed E-state index contributed by atoms with van der Waals surface area (Å²) in [5.41, 5.74) is -5.21. The predicted octanol–water partition coefficient (Wildman–Crippen LogP) is 2.55. The average molecular weight is 489 g/mol. The molecule has 0 amide bonds. The molecule has 13 atom stereocenters. The van der Waals surface area contributed by atoms with E-state index in [0.717, 1.165) is 12.8 Å². The van der Waals surface area contributed by atoms with Crippen LogP contribution in [0.4, 0.5) is 0 Å². The highest BCUT2D eigenvalue weighted by molar-refractivity contribution is 5.98. The van der Waals surface area contributed by atoms with Gasteiger partial charge in [0.05, 0.1) is 17.4 Å². The number of ether oxygens (including phenoxy) is 2. The van der Waals surface area contributed by atoms with Crippen molar-refractivity contribution in [1.29, 1.82) is 0 Å². The first kappa shape index (κ1) is 24.1. The molecule has 2 saturated heterocycles. The molecule has 0 unspecified atom stereocenters. The fourth-order valence-corrected chi connectivity index (χ4v) is 9.72. The van der Waals surface area contributed by atoms with Crippen LogP contribution < -0.4 is 0 Å². The molecule has 4 aliphatic carbocycles. The van der Waals surface area contributed by atoms with Gasteiger partial charge in [-0.15, -0.1) is 0 Å². The van der Waals surface area contributed by atoms with Gasteiger partial charge in [-0.25, -0.2) is 0 Å². The normalized spacial score (nSPS) is 58.4. The first-order chi connectivity index (χ1) is 16.3. The summed E-state index contributed by atoms with van der Waals surface area (Å²) >= 11 is 0. The Morgan fingerprint density at radius 2 is 1.77 bits per heavy atom. The van der Waals surface area contributed by atoms with Gasteiger partial charge in [-0.1, -0.05) is 20.8 Å². The topological polar surface area (TPSA) is 117 Å². The number of allylic oxidation sites excluding steroid dienone is 1. The molecular weight excluding hydrogens is 448 g/mol. The van der Waals surface area contributed by atoms with Crippen molar-refractivity contribution < 1.29 is 34.4 Å². The Labute approximate surface area is 207 Å². The Hall–Kier alpha value is -1.28. The number of esters is 1. The number of epoxide rings is 1. The number of hydrogen-bond acceptors (Lipinski definition) is 7. The van der Waals surface area contributed by atoms with E-state index < -0.39 is 39.8 Å². The summed E-state index contributed by atoms with van der Waals surface area (Å²) in [5, 5.41) is 35.1. The fourth-order valence-electron chi connectivity index (χ4n) is 9.72. The van der Waals surface area contributed by atoms with Crippen LogP contribution in [0.15, 0.2) is 12.2 Å². The SMILES string of the molecule is C[C@H]1C[C@@H]([C@](C)(O)[C@@]2(O)CC[C@@H]3[C@H]4C[C@H]5O[C@]56[C@@H](O)C=CC(=O)[C@]6(C)[C@H]4CC[C@@]32C)OC(=O)[C@@H]1C. The summed E-state index contributed by atoms with van der Waals surface area (Å²) < 4.78 is 11.9. The highest BCUT2D eigenvalue weighted by Gasteiger charge is 2.81. The third-order valence-electron chi connectivity index (χ3n) is 12.3. The molecule has 6 aliphatic rings. The molecule has 2 aliphatic heterocycles. The van der Waals surface area contributed by atoms with Crippen LogP contribution in [0.1, 0.15) is 73.1 Å². The molecule has 0 bridgehead atoms. The number of carbonyl (C=O) groups is 2. The van der Waals surface area contributed by atoms with Crippen molar-refractivity contribution in [1.82, 2.24) is 0 Å². The Kier molecular flexibility index (Phi) is 4.80. The average Bonchev–Trinajstić information content (AvgIpc) is 3.47. The van der Waals surface area contributed by atoms with Crippen molar-refractivity contribution >= 4 is 11.8 Å². The second-order valence-corrected chi connectivity index (χ2v) is 13.3. The van der Waals surface area contributed by atoms with Gasteiger partial charge in [0.15, 0.2) is 5.78 Å². The largest absolute Gasteiger partial charge is 0.459 e. The quantitative estimate of drug-likeness (QED) is 0.404. The van der Waals surface area contributed by atoms with Gasteiger partial charge in [0.2, 0.25) is 0 Å². The number of cyclic esters (lactones) is 1. The van der Waals surface area contributed by atoms with Gasteiger partial charge >= 0.3 is 5.97 Å². The van der Waals surface area contributed by atoms with E-state index in [-0.39, 0.29) is 47.4 Å². The molecule has 3 saturated carbocycles. The first-order valence-corrected chi connectivity index (χ1v) is 13.5. The van der Waals surface area contributed by atoms with E-state index in [1.54, 1.807) is 13.0 Å². The van der Waals surface area contributed by atoms with Gasteiger partial charge in [0.25, 0.3) is 0 Å². The van der Waals surface area contributed by atoms with Crippen LogP contribution in [0, 0.1) is 40.4 Å². The van der Waals surface area contributed by atoms with Crippen LogP contribution in [0.3, 0.4) is 0 Å². The van der Waals surface area contributed by atoms with Crippen molar-refractivity contribution in [3.05, 3.63) is 12.2 Å². The van der Waals surface area contributed by atoms with E-state index in [1.807, 2.05) is 20.8 Å². The summed E-state index contributed by atoms with van der Waals surface area (Å²) in [6.45, 7) is 9.56. The van der Waals surface area contributed by atoms with Crippen molar-refractivity contribution in [2.75, 3.05) is 0 Å². The van der Waals surface area contributed by atoms with Gasteiger partial charge in [-0.3, -0.25) is 9.59 Å². The van der Waals surface area contributed by atoms with E-state index in [0.29, 0.717) is 25.7 Å². The number of carbonyl (C=O) groups excluding carboxylic acids is 2. The number of aliphatic hydroxyl groups excluding tert-OH is 1. The second-order valence-electron chi connectivity index (χ2n) is 13.3. The second kappa shape index (κ2) is 6.97. The standard InChI is InChI=1S/C28H40O7/c1-14-12-21(34-23(31)15(14)2)26(5,32)27(33)11-9-17-16-13-22-28(35-22)20(30)7-6-19(29)25(28,4)18(16)8-10-24(17,27)3/h6-7,14-18,20-22,30,32-33H,8-13H2,1-5H3/t14-,15+,16+,17+,18-,20-,21-,22+,24-,25-,26-,27+,28+/m0/s1. The molecule has 0 aromatic heterocycles. The van der Waals surface area contributed by atoms with Crippen LogP contribution in [-0.4, -0.2) is 62.2 Å². The van der Waals surface area contributed by atoms with Crippen molar-refractivity contribution in [2.45, 2.75) is 108 Å². The lowest BCUT2D eigenvalue weighted by atomic mass is 9.43. The van der Waals surface area contributed by atoms with Gasteiger partial charge in [0, 0.05) is 5.41 Å². The molecule has 3 N–H and O–H groups in total. The van der Waals surface area contributed by atoms with Crippen LogP contribution >= 0.6 is 0 Å². The molecule has 0 aromatic carbocycles. The van der Waals surface area contributed by atoms with Gasteiger partial charge in [-0.05, 0) is 88.2 Å². The molecular formula is C28H40O7. The number of aliphatic hydroxyl groups is 3. The zero-order valence-corrected chi connectivity index (χ0v) is 21.5. The monoisotopic (exact) mass is 488 g/mol. The lowest BCUT2D eigenvalue weighted by molar-refractivity contribution is -0.261. The molecule has 7 nitrogen and oxygen atoms in total. The highest BCUT2D eigenvalue weighted by atomic mass is 16.6. The molecule has 1 spiro atoms.